The zero-order valence-corrected chi connectivity index (χ0v) is 13.3. The lowest BCUT2D eigenvalue weighted by Gasteiger charge is -2.21. The van der Waals surface area contributed by atoms with Gasteiger partial charge in [0.05, 0.1) is 0 Å². The van der Waals surface area contributed by atoms with Crippen molar-refractivity contribution in [3.8, 4) is 11.5 Å². The van der Waals surface area contributed by atoms with Crippen molar-refractivity contribution in [1.82, 2.24) is 5.32 Å². The lowest BCUT2D eigenvalue weighted by molar-refractivity contribution is -0.128. The van der Waals surface area contributed by atoms with Crippen molar-refractivity contribution in [2.75, 3.05) is 13.2 Å². The summed E-state index contributed by atoms with van der Waals surface area (Å²) in [6.07, 6.45) is 1.58. The Bertz CT molecular complexity index is 664. The van der Waals surface area contributed by atoms with Gasteiger partial charge >= 0.3 is 0 Å². The number of rotatable bonds is 5. The normalized spacial score (nSPS) is 15.0. The Morgan fingerprint density at radius 2 is 1.62 bits per heavy atom. The van der Waals surface area contributed by atoms with E-state index >= 15 is 0 Å². The van der Waals surface area contributed by atoms with Gasteiger partial charge in [-0.25, -0.2) is 4.39 Å². The first kappa shape index (κ1) is 16.5. The highest BCUT2D eigenvalue weighted by molar-refractivity contribution is 5.78. The standard InChI is InChI=1S/C19H20FNO3/c20-16-3-7-18(8-4-16)24-17-5-1-14(2-6-17)13-21-19(22)15-9-11-23-12-10-15/h1-8,15H,9-13H2,(H,21,22). The molecule has 2 aromatic rings. The monoisotopic (exact) mass is 329 g/mol. The number of hydrogen-bond donors (Lipinski definition) is 1. The van der Waals surface area contributed by atoms with E-state index in [1.54, 1.807) is 12.1 Å². The van der Waals surface area contributed by atoms with E-state index < -0.39 is 0 Å². The summed E-state index contributed by atoms with van der Waals surface area (Å²) in [5.41, 5.74) is 1.00. The van der Waals surface area contributed by atoms with Crippen LogP contribution in [0.3, 0.4) is 0 Å². The number of ether oxygens (including phenoxy) is 2. The Hall–Kier alpha value is -2.40. The predicted octanol–water partition coefficient (Wildman–Crippen LogP) is 3.66. The van der Waals surface area contributed by atoms with Gasteiger partial charge in [0.25, 0.3) is 0 Å². The van der Waals surface area contributed by atoms with Crippen molar-refractivity contribution in [3.63, 3.8) is 0 Å². The predicted molar refractivity (Wildman–Crippen MR) is 88.3 cm³/mol. The van der Waals surface area contributed by atoms with Gasteiger partial charge in [-0.2, -0.15) is 0 Å². The molecule has 2 aromatic carbocycles. The Morgan fingerprint density at radius 3 is 2.25 bits per heavy atom. The zero-order chi connectivity index (χ0) is 16.8. The Balaban J connectivity index is 1.50. The quantitative estimate of drug-likeness (QED) is 0.911. The average molecular weight is 329 g/mol. The fraction of sp³-hybridized carbons (Fsp3) is 0.316. The van der Waals surface area contributed by atoms with Gasteiger partial charge in [-0.05, 0) is 54.8 Å². The maximum atomic E-state index is 12.9. The van der Waals surface area contributed by atoms with Crippen LogP contribution in [0.5, 0.6) is 11.5 Å². The molecular formula is C19H20FNO3. The smallest absolute Gasteiger partial charge is 0.223 e. The number of halogens is 1. The number of nitrogens with one attached hydrogen (secondary N) is 1. The van der Waals surface area contributed by atoms with E-state index in [1.165, 1.54) is 12.1 Å². The summed E-state index contributed by atoms with van der Waals surface area (Å²) >= 11 is 0. The molecule has 0 saturated carbocycles. The summed E-state index contributed by atoms with van der Waals surface area (Å²) in [5, 5.41) is 2.97. The van der Waals surface area contributed by atoms with Crippen LogP contribution in [0, 0.1) is 11.7 Å². The van der Waals surface area contributed by atoms with Gasteiger partial charge in [-0.1, -0.05) is 12.1 Å². The SMILES string of the molecule is O=C(NCc1ccc(Oc2ccc(F)cc2)cc1)C1CCOCC1. The summed E-state index contributed by atoms with van der Waals surface area (Å²) < 4.78 is 23.8. The fourth-order valence-corrected chi connectivity index (χ4v) is 2.61. The largest absolute Gasteiger partial charge is 0.457 e. The Kier molecular flexibility index (Phi) is 5.43. The maximum Gasteiger partial charge on any atom is 0.223 e. The van der Waals surface area contributed by atoms with Crippen molar-refractivity contribution in [2.24, 2.45) is 5.92 Å². The van der Waals surface area contributed by atoms with Crippen molar-refractivity contribution >= 4 is 5.91 Å². The Morgan fingerprint density at radius 1 is 1.04 bits per heavy atom. The minimum Gasteiger partial charge on any atom is -0.457 e. The van der Waals surface area contributed by atoms with Crippen molar-refractivity contribution in [2.45, 2.75) is 19.4 Å². The van der Waals surface area contributed by atoms with E-state index in [0.717, 1.165) is 18.4 Å². The third-order valence-corrected chi connectivity index (χ3v) is 4.03. The number of carbonyl (C=O) groups is 1. The molecule has 0 radical (unpaired) electrons. The molecule has 1 aliphatic rings. The van der Waals surface area contributed by atoms with Gasteiger partial charge in [-0.15, -0.1) is 0 Å². The van der Waals surface area contributed by atoms with Crippen LogP contribution in [0.1, 0.15) is 18.4 Å². The van der Waals surface area contributed by atoms with Gasteiger partial charge in [0, 0.05) is 25.7 Å². The van der Waals surface area contributed by atoms with Gasteiger partial charge < -0.3 is 14.8 Å². The summed E-state index contributed by atoms with van der Waals surface area (Å²) in [7, 11) is 0. The van der Waals surface area contributed by atoms with E-state index in [0.29, 0.717) is 31.3 Å². The summed E-state index contributed by atoms with van der Waals surface area (Å²) in [5.74, 6) is 1.10. The molecule has 0 spiro atoms. The minimum absolute atomic E-state index is 0.0554. The van der Waals surface area contributed by atoms with E-state index in [2.05, 4.69) is 5.32 Å². The van der Waals surface area contributed by atoms with Crippen LogP contribution in [0.2, 0.25) is 0 Å². The molecule has 4 nitrogen and oxygen atoms in total. The number of amides is 1. The molecule has 3 rings (SSSR count). The maximum absolute atomic E-state index is 12.9. The lowest BCUT2D eigenvalue weighted by atomic mass is 9.99. The first-order valence-electron chi connectivity index (χ1n) is 8.08. The van der Waals surface area contributed by atoms with E-state index in [1.807, 2.05) is 24.3 Å². The van der Waals surface area contributed by atoms with Gasteiger partial charge in [0.15, 0.2) is 0 Å². The van der Waals surface area contributed by atoms with Crippen LogP contribution in [-0.4, -0.2) is 19.1 Å². The zero-order valence-electron chi connectivity index (χ0n) is 13.3. The number of hydrogen-bond acceptors (Lipinski definition) is 3. The molecule has 1 N–H and O–H groups in total. The highest BCUT2D eigenvalue weighted by Gasteiger charge is 2.20. The summed E-state index contributed by atoms with van der Waals surface area (Å²) in [6, 6.07) is 13.4. The van der Waals surface area contributed by atoms with Crippen molar-refractivity contribution < 1.29 is 18.7 Å². The highest BCUT2D eigenvalue weighted by atomic mass is 19.1. The minimum atomic E-state index is -0.294. The molecule has 0 bridgehead atoms. The molecular weight excluding hydrogens is 309 g/mol. The molecule has 0 aromatic heterocycles. The van der Waals surface area contributed by atoms with Crippen molar-refractivity contribution in [1.29, 1.82) is 0 Å². The fourth-order valence-electron chi connectivity index (χ4n) is 2.61. The van der Waals surface area contributed by atoms with Crippen LogP contribution < -0.4 is 10.1 Å². The molecule has 24 heavy (non-hydrogen) atoms. The van der Waals surface area contributed by atoms with E-state index in [9.17, 15) is 9.18 Å². The van der Waals surface area contributed by atoms with E-state index in [-0.39, 0.29) is 17.6 Å². The second kappa shape index (κ2) is 7.93. The molecule has 5 heteroatoms. The van der Waals surface area contributed by atoms with Crippen LogP contribution in [-0.2, 0) is 16.1 Å². The molecule has 1 fully saturated rings. The lowest BCUT2D eigenvalue weighted by Crippen LogP contribution is -2.33. The number of carbonyl (C=O) groups excluding carboxylic acids is 1. The molecule has 0 aliphatic carbocycles. The summed E-state index contributed by atoms with van der Waals surface area (Å²) in [4.78, 5) is 12.1. The first-order valence-corrected chi connectivity index (χ1v) is 8.08. The topological polar surface area (TPSA) is 47.6 Å². The molecule has 1 saturated heterocycles. The van der Waals surface area contributed by atoms with Crippen LogP contribution >= 0.6 is 0 Å². The van der Waals surface area contributed by atoms with Gasteiger partial charge in [0.2, 0.25) is 5.91 Å². The molecule has 1 heterocycles. The van der Waals surface area contributed by atoms with Gasteiger partial charge in [-0.3, -0.25) is 4.79 Å². The second-order valence-corrected chi connectivity index (χ2v) is 5.80. The molecule has 1 amide bonds. The molecule has 0 unspecified atom stereocenters. The average Bonchev–Trinajstić information content (AvgIpc) is 2.63. The third kappa shape index (κ3) is 4.55. The first-order chi connectivity index (χ1) is 11.7. The number of benzene rings is 2. The van der Waals surface area contributed by atoms with Crippen molar-refractivity contribution in [3.05, 3.63) is 59.9 Å². The van der Waals surface area contributed by atoms with Crippen LogP contribution in [0.4, 0.5) is 4.39 Å². The summed E-state index contributed by atoms with van der Waals surface area (Å²) in [6.45, 7) is 1.81. The highest BCUT2D eigenvalue weighted by Crippen LogP contribution is 2.22. The molecule has 126 valence electrons. The molecule has 0 atom stereocenters. The van der Waals surface area contributed by atoms with Crippen LogP contribution in [0.15, 0.2) is 48.5 Å². The Labute approximate surface area is 140 Å². The second-order valence-electron chi connectivity index (χ2n) is 5.80. The molecule has 1 aliphatic heterocycles. The third-order valence-electron chi connectivity index (χ3n) is 4.03. The van der Waals surface area contributed by atoms with E-state index in [4.69, 9.17) is 9.47 Å². The van der Waals surface area contributed by atoms with Crippen LogP contribution in [0.25, 0.3) is 0 Å². The van der Waals surface area contributed by atoms with Gasteiger partial charge in [0.1, 0.15) is 17.3 Å².